The summed E-state index contributed by atoms with van der Waals surface area (Å²) in [6.07, 6.45) is 0.635. The van der Waals surface area contributed by atoms with Gasteiger partial charge in [0.05, 0.1) is 13.2 Å². The first-order valence-corrected chi connectivity index (χ1v) is 7.68. The van der Waals surface area contributed by atoms with Crippen LogP contribution >= 0.6 is 0 Å². The number of benzene rings is 2. The highest BCUT2D eigenvalue weighted by Gasteiger charge is 2.14. The molecular formula is C19H22FNO2. The molecule has 122 valence electrons. The molecule has 0 aromatic heterocycles. The van der Waals surface area contributed by atoms with Crippen molar-refractivity contribution in [3.05, 3.63) is 65.0 Å². The van der Waals surface area contributed by atoms with Gasteiger partial charge < -0.3 is 10.1 Å². The van der Waals surface area contributed by atoms with Crippen molar-refractivity contribution in [3.63, 3.8) is 0 Å². The van der Waals surface area contributed by atoms with Gasteiger partial charge in [-0.25, -0.2) is 4.39 Å². The molecule has 1 N–H and O–H groups in total. The molecule has 0 bridgehead atoms. The highest BCUT2D eigenvalue weighted by molar-refractivity contribution is 5.76. The molecule has 0 radical (unpaired) electrons. The summed E-state index contributed by atoms with van der Waals surface area (Å²) < 4.78 is 18.9. The smallest absolute Gasteiger partial charge is 0.220 e. The molecule has 0 aliphatic rings. The Labute approximate surface area is 136 Å². The van der Waals surface area contributed by atoms with Crippen LogP contribution in [0, 0.1) is 12.7 Å². The molecule has 0 saturated carbocycles. The fourth-order valence-corrected chi connectivity index (χ4v) is 2.53. The SMILES string of the molecule is COc1ccc(C)cc1[C@@H](C)NC(=O)CCc1ccccc1F. The number of amides is 1. The second-order valence-corrected chi connectivity index (χ2v) is 5.63. The fraction of sp³-hybridized carbons (Fsp3) is 0.316. The zero-order chi connectivity index (χ0) is 16.8. The summed E-state index contributed by atoms with van der Waals surface area (Å²) in [5, 5.41) is 2.95. The molecule has 0 fully saturated rings. The maximum absolute atomic E-state index is 13.6. The Morgan fingerprint density at radius 1 is 1.26 bits per heavy atom. The lowest BCUT2D eigenvalue weighted by Crippen LogP contribution is -2.27. The number of ether oxygens (including phenoxy) is 1. The Balaban J connectivity index is 1.97. The van der Waals surface area contributed by atoms with Gasteiger partial charge in [-0.05, 0) is 38.0 Å². The molecule has 0 aliphatic carbocycles. The first-order valence-electron chi connectivity index (χ1n) is 7.68. The van der Waals surface area contributed by atoms with E-state index >= 15 is 0 Å². The number of carbonyl (C=O) groups is 1. The average Bonchev–Trinajstić information content (AvgIpc) is 2.54. The first kappa shape index (κ1) is 17.0. The molecular weight excluding hydrogens is 293 g/mol. The van der Waals surface area contributed by atoms with Gasteiger partial charge in [0, 0.05) is 12.0 Å². The van der Waals surface area contributed by atoms with Crippen LogP contribution in [0.2, 0.25) is 0 Å². The van der Waals surface area contributed by atoms with Crippen LogP contribution in [0.15, 0.2) is 42.5 Å². The van der Waals surface area contributed by atoms with E-state index in [2.05, 4.69) is 5.32 Å². The van der Waals surface area contributed by atoms with Crippen LogP contribution in [0.4, 0.5) is 4.39 Å². The number of aryl methyl sites for hydroxylation is 2. The van der Waals surface area contributed by atoms with E-state index in [0.29, 0.717) is 12.0 Å². The third kappa shape index (κ3) is 4.55. The molecule has 2 aromatic rings. The number of hydrogen-bond acceptors (Lipinski definition) is 2. The topological polar surface area (TPSA) is 38.3 Å². The normalized spacial score (nSPS) is 11.8. The molecule has 0 unspecified atom stereocenters. The summed E-state index contributed by atoms with van der Waals surface area (Å²) in [6, 6.07) is 12.2. The second-order valence-electron chi connectivity index (χ2n) is 5.63. The van der Waals surface area contributed by atoms with Crippen molar-refractivity contribution in [2.45, 2.75) is 32.7 Å². The van der Waals surface area contributed by atoms with Crippen molar-refractivity contribution in [1.29, 1.82) is 0 Å². The van der Waals surface area contributed by atoms with Gasteiger partial charge in [0.2, 0.25) is 5.91 Å². The summed E-state index contributed by atoms with van der Waals surface area (Å²) in [7, 11) is 1.61. The molecule has 1 amide bonds. The maximum Gasteiger partial charge on any atom is 0.220 e. The van der Waals surface area contributed by atoms with E-state index < -0.39 is 0 Å². The minimum absolute atomic E-state index is 0.107. The highest BCUT2D eigenvalue weighted by Crippen LogP contribution is 2.26. The van der Waals surface area contributed by atoms with Gasteiger partial charge in [-0.2, -0.15) is 0 Å². The van der Waals surface area contributed by atoms with Crippen LogP contribution < -0.4 is 10.1 Å². The summed E-state index contributed by atoms with van der Waals surface area (Å²) >= 11 is 0. The van der Waals surface area contributed by atoms with Crippen molar-refractivity contribution < 1.29 is 13.9 Å². The molecule has 3 nitrogen and oxygen atoms in total. The third-order valence-electron chi connectivity index (χ3n) is 3.81. The zero-order valence-corrected chi connectivity index (χ0v) is 13.7. The van der Waals surface area contributed by atoms with E-state index in [1.54, 1.807) is 25.3 Å². The van der Waals surface area contributed by atoms with Gasteiger partial charge in [-0.15, -0.1) is 0 Å². The van der Waals surface area contributed by atoms with Crippen molar-refractivity contribution in [1.82, 2.24) is 5.32 Å². The second kappa shape index (κ2) is 7.77. The predicted molar refractivity (Wildman–Crippen MR) is 89.0 cm³/mol. The lowest BCUT2D eigenvalue weighted by molar-refractivity contribution is -0.121. The number of methoxy groups -OCH3 is 1. The van der Waals surface area contributed by atoms with Crippen LogP contribution in [0.1, 0.15) is 36.1 Å². The van der Waals surface area contributed by atoms with Gasteiger partial charge >= 0.3 is 0 Å². The molecule has 0 spiro atoms. The van der Waals surface area contributed by atoms with Crippen LogP contribution in [0.25, 0.3) is 0 Å². The van der Waals surface area contributed by atoms with E-state index in [-0.39, 0.29) is 24.2 Å². The van der Waals surface area contributed by atoms with Gasteiger partial charge in [-0.3, -0.25) is 4.79 Å². The first-order chi connectivity index (χ1) is 11.0. The van der Waals surface area contributed by atoms with Gasteiger partial charge in [0.1, 0.15) is 11.6 Å². The molecule has 2 aromatic carbocycles. The summed E-state index contributed by atoms with van der Waals surface area (Å²) in [4.78, 5) is 12.1. The predicted octanol–water partition coefficient (Wildman–Crippen LogP) is 3.95. The maximum atomic E-state index is 13.6. The third-order valence-corrected chi connectivity index (χ3v) is 3.81. The number of hydrogen-bond donors (Lipinski definition) is 1. The van der Waals surface area contributed by atoms with Crippen LogP contribution in [0.3, 0.4) is 0 Å². The minimum Gasteiger partial charge on any atom is -0.496 e. The molecule has 4 heteroatoms. The lowest BCUT2D eigenvalue weighted by Gasteiger charge is -2.18. The Morgan fingerprint density at radius 2 is 2.00 bits per heavy atom. The Hall–Kier alpha value is -2.36. The largest absolute Gasteiger partial charge is 0.496 e. The molecule has 1 atom stereocenters. The van der Waals surface area contributed by atoms with Crippen molar-refractivity contribution in [3.8, 4) is 5.75 Å². The van der Waals surface area contributed by atoms with E-state index in [1.165, 1.54) is 6.07 Å². The zero-order valence-electron chi connectivity index (χ0n) is 13.7. The Morgan fingerprint density at radius 3 is 2.70 bits per heavy atom. The minimum atomic E-state index is -0.270. The van der Waals surface area contributed by atoms with E-state index in [0.717, 1.165) is 16.9 Å². The number of rotatable bonds is 6. The van der Waals surface area contributed by atoms with Crippen molar-refractivity contribution in [2.75, 3.05) is 7.11 Å². The molecule has 0 saturated heterocycles. The monoisotopic (exact) mass is 315 g/mol. The van der Waals surface area contributed by atoms with Crippen LogP contribution in [0.5, 0.6) is 5.75 Å². The van der Waals surface area contributed by atoms with Gasteiger partial charge in [0.25, 0.3) is 0 Å². The number of nitrogens with one attached hydrogen (secondary N) is 1. The van der Waals surface area contributed by atoms with E-state index in [1.807, 2.05) is 32.0 Å². The fourth-order valence-electron chi connectivity index (χ4n) is 2.53. The van der Waals surface area contributed by atoms with Crippen LogP contribution in [-0.4, -0.2) is 13.0 Å². The van der Waals surface area contributed by atoms with E-state index in [4.69, 9.17) is 4.74 Å². The van der Waals surface area contributed by atoms with Crippen molar-refractivity contribution in [2.24, 2.45) is 0 Å². The van der Waals surface area contributed by atoms with Crippen LogP contribution in [-0.2, 0) is 11.2 Å². The highest BCUT2D eigenvalue weighted by atomic mass is 19.1. The Kier molecular flexibility index (Phi) is 5.74. The standard InChI is InChI=1S/C19H22FNO2/c1-13-8-10-18(23-3)16(12-13)14(2)21-19(22)11-9-15-6-4-5-7-17(15)20/h4-8,10,12,14H,9,11H2,1-3H3,(H,21,22)/t14-/m1/s1. The average molecular weight is 315 g/mol. The lowest BCUT2D eigenvalue weighted by atomic mass is 10.0. The molecule has 2 rings (SSSR count). The Bertz CT molecular complexity index is 685. The quantitative estimate of drug-likeness (QED) is 0.876. The number of halogens is 1. The van der Waals surface area contributed by atoms with Gasteiger partial charge in [-0.1, -0.05) is 35.9 Å². The molecule has 23 heavy (non-hydrogen) atoms. The van der Waals surface area contributed by atoms with Gasteiger partial charge in [0.15, 0.2) is 0 Å². The summed E-state index contributed by atoms with van der Waals surface area (Å²) in [6.45, 7) is 3.91. The molecule has 0 heterocycles. The summed E-state index contributed by atoms with van der Waals surface area (Å²) in [5.74, 6) is 0.371. The summed E-state index contributed by atoms with van der Waals surface area (Å²) in [5.41, 5.74) is 2.60. The van der Waals surface area contributed by atoms with Crippen molar-refractivity contribution >= 4 is 5.91 Å². The number of carbonyl (C=O) groups excluding carboxylic acids is 1. The molecule has 0 aliphatic heterocycles. The van der Waals surface area contributed by atoms with E-state index in [9.17, 15) is 9.18 Å².